The number of carbonyl (C=O) groups excluding carboxylic acids is 3. The number of carbonyl (C=O) groups is 3. The highest BCUT2D eigenvalue weighted by Gasteiger charge is 2.25. The average molecular weight is 520 g/mol. The Morgan fingerprint density at radius 3 is 2.59 bits per heavy atom. The first-order valence-corrected chi connectivity index (χ1v) is 12.3. The number of nitrogens with zero attached hydrogens (tertiary/aromatic N) is 1. The number of benzene rings is 2. The van der Waals surface area contributed by atoms with Crippen molar-refractivity contribution >= 4 is 67.9 Å². The van der Waals surface area contributed by atoms with Gasteiger partial charge in [-0.05, 0) is 42.6 Å². The van der Waals surface area contributed by atoms with E-state index in [4.69, 9.17) is 27.9 Å². The van der Waals surface area contributed by atoms with Gasteiger partial charge >= 0.3 is 0 Å². The second kappa shape index (κ2) is 10.3. The highest BCUT2D eigenvalue weighted by atomic mass is 35.5. The zero-order valence-electron chi connectivity index (χ0n) is 18.6. The maximum Gasteiger partial charge on any atom is 0.298 e. The van der Waals surface area contributed by atoms with E-state index >= 15 is 0 Å². The van der Waals surface area contributed by atoms with Gasteiger partial charge < -0.3 is 15.4 Å². The van der Waals surface area contributed by atoms with E-state index in [0.717, 1.165) is 36.5 Å². The second-order valence-electron chi connectivity index (χ2n) is 8.26. The van der Waals surface area contributed by atoms with Gasteiger partial charge in [0.2, 0.25) is 0 Å². The number of rotatable bonds is 7. The van der Waals surface area contributed by atoms with Crippen molar-refractivity contribution in [2.75, 3.05) is 25.5 Å². The first-order chi connectivity index (χ1) is 16.3. The van der Waals surface area contributed by atoms with E-state index < -0.39 is 5.91 Å². The lowest BCUT2D eigenvalue weighted by atomic mass is 10.1. The molecule has 1 aliphatic rings. The molecule has 1 atom stereocenters. The molecule has 4 rings (SSSR count). The molecule has 0 spiro atoms. The Morgan fingerprint density at radius 2 is 1.97 bits per heavy atom. The van der Waals surface area contributed by atoms with Crippen LogP contribution in [0, 0.1) is 5.92 Å². The Balaban J connectivity index is 1.61. The minimum Gasteiger partial charge on any atom is -0.425 e. The third-order valence-electron chi connectivity index (χ3n) is 5.81. The fourth-order valence-corrected chi connectivity index (χ4v) is 5.87. The number of hydrogen-bond acceptors (Lipinski definition) is 6. The van der Waals surface area contributed by atoms with Crippen molar-refractivity contribution in [3.63, 3.8) is 0 Å². The smallest absolute Gasteiger partial charge is 0.298 e. The van der Waals surface area contributed by atoms with Crippen molar-refractivity contribution < 1.29 is 19.1 Å². The van der Waals surface area contributed by atoms with Crippen LogP contribution in [0.15, 0.2) is 30.3 Å². The van der Waals surface area contributed by atoms with E-state index in [1.54, 1.807) is 12.1 Å². The largest absolute Gasteiger partial charge is 0.425 e. The van der Waals surface area contributed by atoms with Gasteiger partial charge in [0.1, 0.15) is 10.0 Å². The zero-order valence-corrected chi connectivity index (χ0v) is 20.9. The molecule has 7 nitrogen and oxygen atoms in total. The fourth-order valence-electron chi connectivity index (χ4n) is 4.10. The lowest BCUT2D eigenvalue weighted by Gasteiger charge is -2.15. The van der Waals surface area contributed by atoms with Crippen LogP contribution in [0.3, 0.4) is 0 Å². The van der Waals surface area contributed by atoms with Gasteiger partial charge in [0, 0.05) is 31.1 Å². The molecule has 0 aliphatic carbocycles. The van der Waals surface area contributed by atoms with Crippen LogP contribution in [0.4, 0.5) is 5.00 Å². The molecule has 0 saturated carbocycles. The summed E-state index contributed by atoms with van der Waals surface area (Å²) in [6.45, 7) is 5.51. The topological polar surface area (TPSA) is 87.7 Å². The summed E-state index contributed by atoms with van der Waals surface area (Å²) in [5.41, 5.74) is 1.84. The van der Waals surface area contributed by atoms with Gasteiger partial charge in [-0.1, -0.05) is 42.3 Å². The van der Waals surface area contributed by atoms with Gasteiger partial charge in [0.05, 0.1) is 15.3 Å². The van der Waals surface area contributed by atoms with Crippen LogP contribution < -0.4 is 15.4 Å². The lowest BCUT2D eigenvalue weighted by molar-refractivity contribution is -0.120. The molecule has 2 N–H and O–H groups in total. The monoisotopic (exact) mass is 519 g/mol. The van der Waals surface area contributed by atoms with E-state index in [-0.39, 0.29) is 33.7 Å². The van der Waals surface area contributed by atoms with Crippen LogP contribution in [0.1, 0.15) is 39.6 Å². The molecule has 0 radical (unpaired) electrons. The van der Waals surface area contributed by atoms with Crippen LogP contribution in [0.25, 0.3) is 10.1 Å². The van der Waals surface area contributed by atoms with Crippen LogP contribution in [-0.4, -0.2) is 43.3 Å². The standard InChI is InChI=1S/C24H23Cl2N3O4S/c1-13-7-8-29(10-13)11-14-3-5-15(6-4-14)22(31)28-24-18(23(32)27-2)16-9-17(25)20(33-12-30)19(26)21(16)34-24/h3-6,9,12-13H,7-8,10-11H2,1-2H3,(H,27,32)(H,28,31). The summed E-state index contributed by atoms with van der Waals surface area (Å²) in [7, 11) is 1.49. The van der Waals surface area contributed by atoms with Crippen molar-refractivity contribution in [1.29, 1.82) is 0 Å². The Hall–Kier alpha value is -2.65. The van der Waals surface area contributed by atoms with Crippen LogP contribution in [0.5, 0.6) is 5.75 Å². The summed E-state index contributed by atoms with van der Waals surface area (Å²) in [6.07, 6.45) is 1.21. The lowest BCUT2D eigenvalue weighted by Crippen LogP contribution is -2.21. The number of nitrogens with one attached hydrogen (secondary N) is 2. The molecule has 1 fully saturated rings. The van der Waals surface area contributed by atoms with Crippen molar-refractivity contribution in [3.05, 3.63) is 57.1 Å². The summed E-state index contributed by atoms with van der Waals surface area (Å²) >= 11 is 13.7. The average Bonchev–Trinajstić information content (AvgIpc) is 3.39. The van der Waals surface area contributed by atoms with Gasteiger partial charge in [-0.3, -0.25) is 19.3 Å². The van der Waals surface area contributed by atoms with Crippen molar-refractivity contribution in [2.24, 2.45) is 5.92 Å². The SMILES string of the molecule is CNC(=O)c1c(NC(=O)c2ccc(CN3CCC(C)C3)cc2)sc2c(Cl)c(OC=O)c(Cl)cc12. The number of amides is 2. The molecule has 0 bridgehead atoms. The Kier molecular flexibility index (Phi) is 7.42. The molecule has 3 aromatic rings. The Bertz CT molecular complexity index is 1260. The quantitative estimate of drug-likeness (QED) is 0.419. The Morgan fingerprint density at radius 1 is 1.24 bits per heavy atom. The predicted molar refractivity (Wildman–Crippen MR) is 135 cm³/mol. The van der Waals surface area contributed by atoms with Crippen molar-refractivity contribution in [3.8, 4) is 5.75 Å². The van der Waals surface area contributed by atoms with E-state index in [2.05, 4.69) is 22.5 Å². The summed E-state index contributed by atoms with van der Waals surface area (Å²) in [5.74, 6) is -0.0562. The van der Waals surface area contributed by atoms with Crippen LogP contribution in [0.2, 0.25) is 10.0 Å². The van der Waals surface area contributed by atoms with Gasteiger partial charge in [0.15, 0.2) is 5.75 Å². The maximum absolute atomic E-state index is 13.0. The van der Waals surface area contributed by atoms with Crippen molar-refractivity contribution in [2.45, 2.75) is 19.9 Å². The molecule has 2 amide bonds. The summed E-state index contributed by atoms with van der Waals surface area (Å²) < 4.78 is 5.36. The number of thiophene rings is 1. The van der Waals surface area contributed by atoms with Gasteiger partial charge in [-0.25, -0.2) is 0 Å². The van der Waals surface area contributed by atoms with Crippen LogP contribution >= 0.6 is 34.5 Å². The van der Waals surface area contributed by atoms with E-state index in [9.17, 15) is 14.4 Å². The molecule has 2 aromatic carbocycles. The van der Waals surface area contributed by atoms with Crippen LogP contribution in [-0.2, 0) is 11.3 Å². The minimum absolute atomic E-state index is 0.00333. The number of fused-ring (bicyclic) bond motifs is 1. The fraction of sp³-hybridized carbons (Fsp3) is 0.292. The predicted octanol–water partition coefficient (Wildman–Crippen LogP) is 5.20. The number of ether oxygens (including phenoxy) is 1. The molecule has 178 valence electrons. The molecule has 34 heavy (non-hydrogen) atoms. The summed E-state index contributed by atoms with van der Waals surface area (Å²) in [5, 5.41) is 6.33. The van der Waals surface area contributed by atoms with Crippen molar-refractivity contribution in [1.82, 2.24) is 10.2 Å². The van der Waals surface area contributed by atoms with E-state index in [0.29, 0.717) is 26.6 Å². The second-order valence-corrected chi connectivity index (χ2v) is 10.1. The first kappa shape index (κ1) is 24.5. The number of hydrogen-bond donors (Lipinski definition) is 2. The van der Waals surface area contributed by atoms with Gasteiger partial charge in [0.25, 0.3) is 18.3 Å². The molecule has 10 heteroatoms. The van der Waals surface area contributed by atoms with E-state index in [1.165, 1.54) is 19.5 Å². The van der Waals surface area contributed by atoms with Gasteiger partial charge in [-0.15, -0.1) is 11.3 Å². The molecular formula is C24H23Cl2N3O4S. The maximum atomic E-state index is 13.0. The number of likely N-dealkylation sites (tertiary alicyclic amines) is 1. The summed E-state index contributed by atoms with van der Waals surface area (Å²) in [4.78, 5) is 38.9. The highest BCUT2D eigenvalue weighted by molar-refractivity contribution is 7.24. The minimum atomic E-state index is -0.409. The normalized spacial score (nSPS) is 15.9. The molecular weight excluding hydrogens is 497 g/mol. The highest BCUT2D eigenvalue weighted by Crippen LogP contribution is 2.46. The first-order valence-electron chi connectivity index (χ1n) is 10.7. The molecule has 1 unspecified atom stereocenters. The molecule has 1 aromatic heterocycles. The molecule has 1 saturated heterocycles. The third kappa shape index (κ3) is 4.90. The molecule has 1 aliphatic heterocycles. The summed E-state index contributed by atoms with van der Waals surface area (Å²) in [6, 6.07) is 8.94. The molecule has 2 heterocycles. The zero-order chi connectivity index (χ0) is 24.4. The third-order valence-corrected chi connectivity index (χ3v) is 7.70. The Labute approximate surface area is 211 Å². The van der Waals surface area contributed by atoms with E-state index in [1.807, 2.05) is 12.1 Å². The number of anilines is 1. The number of halogens is 2. The van der Waals surface area contributed by atoms with Gasteiger partial charge in [-0.2, -0.15) is 0 Å².